The Hall–Kier alpha value is -0.650. The van der Waals surface area contributed by atoms with Crippen LogP contribution in [0.3, 0.4) is 0 Å². The number of nitrogens with one attached hydrogen (secondary N) is 1. The van der Waals surface area contributed by atoms with E-state index in [0.717, 1.165) is 32.6 Å². The summed E-state index contributed by atoms with van der Waals surface area (Å²) in [5, 5.41) is 13.1. The molecular formula is C13H24N2O3. The predicted molar refractivity (Wildman–Crippen MR) is 68.0 cm³/mol. The molecule has 1 aliphatic heterocycles. The second-order valence-corrected chi connectivity index (χ2v) is 5.60. The Morgan fingerprint density at radius 2 is 2.06 bits per heavy atom. The van der Waals surface area contributed by atoms with Crippen molar-refractivity contribution in [1.82, 2.24) is 10.2 Å². The number of esters is 1. The number of hydrogen-bond acceptors (Lipinski definition) is 5. The molecule has 0 aromatic rings. The fourth-order valence-corrected chi connectivity index (χ4v) is 2.86. The van der Waals surface area contributed by atoms with Crippen molar-refractivity contribution in [2.45, 2.75) is 50.7 Å². The minimum atomic E-state index is -0.202. The first kappa shape index (κ1) is 13.8. The molecule has 104 valence electrons. The van der Waals surface area contributed by atoms with Gasteiger partial charge < -0.3 is 9.84 Å². The summed E-state index contributed by atoms with van der Waals surface area (Å²) < 4.78 is 5.10. The standard InChI is InChI=1S/C13H24N2O3/c1-11(17)18-12-7-15(8-12)10-14-13(9-16)5-3-2-4-6-13/h12,14,16H,2-10H2,1H3. The van der Waals surface area contributed by atoms with Crippen LogP contribution < -0.4 is 5.32 Å². The van der Waals surface area contributed by atoms with E-state index < -0.39 is 0 Å². The maximum Gasteiger partial charge on any atom is 0.302 e. The van der Waals surface area contributed by atoms with E-state index in [9.17, 15) is 9.90 Å². The normalized spacial score (nSPS) is 24.6. The minimum Gasteiger partial charge on any atom is -0.460 e. The van der Waals surface area contributed by atoms with Crippen molar-refractivity contribution in [3.63, 3.8) is 0 Å². The highest BCUT2D eigenvalue weighted by atomic mass is 16.5. The molecular weight excluding hydrogens is 232 g/mol. The smallest absolute Gasteiger partial charge is 0.302 e. The maximum absolute atomic E-state index is 10.8. The van der Waals surface area contributed by atoms with E-state index in [-0.39, 0.29) is 24.2 Å². The van der Waals surface area contributed by atoms with E-state index >= 15 is 0 Å². The highest BCUT2D eigenvalue weighted by molar-refractivity contribution is 5.66. The molecule has 2 fully saturated rings. The summed E-state index contributed by atoms with van der Waals surface area (Å²) in [7, 11) is 0. The second kappa shape index (κ2) is 5.99. The summed E-state index contributed by atoms with van der Waals surface area (Å²) in [6.07, 6.45) is 5.85. The van der Waals surface area contributed by atoms with Gasteiger partial charge in [-0.05, 0) is 12.8 Å². The van der Waals surface area contributed by atoms with Gasteiger partial charge in [0, 0.05) is 32.2 Å². The number of rotatable bonds is 5. The summed E-state index contributed by atoms with van der Waals surface area (Å²) in [4.78, 5) is 13.0. The third-order valence-corrected chi connectivity index (χ3v) is 4.05. The molecule has 1 saturated heterocycles. The molecule has 0 atom stereocenters. The summed E-state index contributed by atoms with van der Waals surface area (Å²) in [5.41, 5.74) is -0.0786. The number of carbonyl (C=O) groups excluding carboxylic acids is 1. The molecule has 0 bridgehead atoms. The molecule has 0 amide bonds. The number of aliphatic hydroxyl groups is 1. The lowest BCUT2D eigenvalue weighted by Gasteiger charge is -2.43. The Kier molecular flexibility index (Phi) is 4.59. The van der Waals surface area contributed by atoms with Gasteiger partial charge in [0.25, 0.3) is 0 Å². The van der Waals surface area contributed by atoms with Crippen molar-refractivity contribution in [3.05, 3.63) is 0 Å². The van der Waals surface area contributed by atoms with Crippen LogP contribution >= 0.6 is 0 Å². The van der Waals surface area contributed by atoms with Crippen LogP contribution in [-0.4, -0.2) is 54.0 Å². The largest absolute Gasteiger partial charge is 0.460 e. The van der Waals surface area contributed by atoms with Gasteiger partial charge in [-0.15, -0.1) is 0 Å². The molecule has 0 aromatic heterocycles. The Balaban J connectivity index is 1.67. The predicted octanol–water partition coefficient (Wildman–Crippen LogP) is 0.476. The van der Waals surface area contributed by atoms with Gasteiger partial charge in [-0.3, -0.25) is 15.0 Å². The van der Waals surface area contributed by atoms with Gasteiger partial charge in [-0.2, -0.15) is 0 Å². The summed E-state index contributed by atoms with van der Waals surface area (Å²) in [6, 6.07) is 0. The first-order valence-corrected chi connectivity index (χ1v) is 6.89. The highest BCUT2D eigenvalue weighted by Crippen LogP contribution is 2.27. The average molecular weight is 256 g/mol. The molecule has 0 radical (unpaired) electrons. The van der Waals surface area contributed by atoms with E-state index in [4.69, 9.17) is 4.74 Å². The molecule has 1 aliphatic carbocycles. The Morgan fingerprint density at radius 3 is 2.61 bits per heavy atom. The topological polar surface area (TPSA) is 61.8 Å². The number of aliphatic hydroxyl groups excluding tert-OH is 1. The Labute approximate surface area is 108 Å². The van der Waals surface area contributed by atoms with Crippen molar-refractivity contribution < 1.29 is 14.6 Å². The number of carbonyl (C=O) groups is 1. The number of hydrogen-bond donors (Lipinski definition) is 2. The third kappa shape index (κ3) is 3.43. The van der Waals surface area contributed by atoms with Gasteiger partial charge in [-0.1, -0.05) is 19.3 Å². The van der Waals surface area contributed by atoms with Gasteiger partial charge in [0.1, 0.15) is 6.10 Å². The highest BCUT2D eigenvalue weighted by Gasteiger charge is 2.34. The van der Waals surface area contributed by atoms with Crippen LogP contribution in [0.1, 0.15) is 39.0 Å². The van der Waals surface area contributed by atoms with E-state index in [0.29, 0.717) is 0 Å². The third-order valence-electron chi connectivity index (χ3n) is 4.05. The van der Waals surface area contributed by atoms with Gasteiger partial charge in [0.05, 0.1) is 6.61 Å². The van der Waals surface area contributed by atoms with Crippen LogP contribution in [0.25, 0.3) is 0 Å². The quantitative estimate of drug-likeness (QED) is 0.700. The van der Waals surface area contributed by atoms with Crippen LogP contribution in [0.15, 0.2) is 0 Å². The van der Waals surface area contributed by atoms with Crippen LogP contribution in [0, 0.1) is 0 Å². The second-order valence-electron chi connectivity index (χ2n) is 5.60. The fraction of sp³-hybridized carbons (Fsp3) is 0.923. The van der Waals surface area contributed by atoms with E-state index in [1.54, 1.807) is 0 Å². The molecule has 2 N–H and O–H groups in total. The zero-order valence-corrected chi connectivity index (χ0v) is 11.2. The molecule has 5 nitrogen and oxygen atoms in total. The SMILES string of the molecule is CC(=O)OC1CN(CNC2(CO)CCCCC2)C1. The molecule has 5 heteroatoms. The average Bonchev–Trinajstić information content (AvgIpc) is 2.32. The zero-order valence-electron chi connectivity index (χ0n) is 11.2. The van der Waals surface area contributed by atoms with Gasteiger partial charge >= 0.3 is 5.97 Å². The van der Waals surface area contributed by atoms with Crippen LogP contribution in [0.5, 0.6) is 0 Å². The van der Waals surface area contributed by atoms with Crippen LogP contribution in [-0.2, 0) is 9.53 Å². The van der Waals surface area contributed by atoms with Crippen molar-refractivity contribution in [2.75, 3.05) is 26.4 Å². The summed E-state index contributed by atoms with van der Waals surface area (Å²) in [5.74, 6) is -0.202. The summed E-state index contributed by atoms with van der Waals surface area (Å²) >= 11 is 0. The van der Waals surface area contributed by atoms with Crippen molar-refractivity contribution in [3.8, 4) is 0 Å². The van der Waals surface area contributed by atoms with Gasteiger partial charge in [0.15, 0.2) is 0 Å². The zero-order chi connectivity index (χ0) is 13.0. The molecule has 1 heterocycles. The van der Waals surface area contributed by atoms with E-state index in [1.807, 2.05) is 0 Å². The van der Waals surface area contributed by atoms with Crippen molar-refractivity contribution in [2.24, 2.45) is 0 Å². The van der Waals surface area contributed by atoms with Crippen molar-refractivity contribution >= 4 is 5.97 Å². The van der Waals surface area contributed by atoms with E-state index in [2.05, 4.69) is 10.2 Å². The molecule has 2 rings (SSSR count). The Morgan fingerprint density at radius 1 is 1.39 bits per heavy atom. The number of ether oxygens (including phenoxy) is 1. The molecule has 1 saturated carbocycles. The molecule has 0 aromatic carbocycles. The van der Waals surface area contributed by atoms with Gasteiger partial charge in [-0.25, -0.2) is 0 Å². The number of nitrogens with zero attached hydrogens (tertiary/aromatic N) is 1. The minimum absolute atomic E-state index is 0.0562. The molecule has 2 aliphatic rings. The lowest BCUT2D eigenvalue weighted by atomic mass is 9.82. The van der Waals surface area contributed by atoms with Crippen molar-refractivity contribution in [1.29, 1.82) is 0 Å². The lowest BCUT2D eigenvalue weighted by molar-refractivity contribution is -0.155. The van der Waals surface area contributed by atoms with Gasteiger partial charge in [0.2, 0.25) is 0 Å². The first-order chi connectivity index (χ1) is 8.63. The van der Waals surface area contributed by atoms with Crippen LogP contribution in [0.4, 0.5) is 0 Å². The molecule has 0 spiro atoms. The maximum atomic E-state index is 10.8. The lowest BCUT2D eigenvalue weighted by Crippen LogP contribution is -2.60. The van der Waals surface area contributed by atoms with Crippen LogP contribution in [0.2, 0.25) is 0 Å². The molecule has 18 heavy (non-hydrogen) atoms. The number of likely N-dealkylation sites (tertiary alicyclic amines) is 1. The monoisotopic (exact) mass is 256 g/mol. The first-order valence-electron chi connectivity index (χ1n) is 6.89. The Bertz CT molecular complexity index is 284. The summed E-state index contributed by atoms with van der Waals surface area (Å²) in [6.45, 7) is 4.04. The molecule has 0 unspecified atom stereocenters. The fourth-order valence-electron chi connectivity index (χ4n) is 2.86. The van der Waals surface area contributed by atoms with E-state index in [1.165, 1.54) is 26.2 Å².